The number of thiazole rings is 1. The largest absolute Gasteiger partial charge is 0.459 e. The second-order valence-corrected chi connectivity index (χ2v) is 9.74. The molecule has 1 aromatic carbocycles. The van der Waals surface area contributed by atoms with Crippen LogP contribution in [-0.2, 0) is 30.5 Å². The number of carbonyl (C=O) groups is 5. The molecule has 14 nitrogen and oxygen atoms in total. The minimum Gasteiger partial charge on any atom is -0.459 e. The number of amides is 3. The molecule has 2 aliphatic rings. The van der Waals surface area contributed by atoms with Gasteiger partial charge in [0.25, 0.3) is 17.4 Å². The van der Waals surface area contributed by atoms with Crippen molar-refractivity contribution in [1.82, 2.24) is 15.2 Å². The molecular formula is C20H17N5O9S2. The molecule has 2 aliphatic heterocycles. The molecule has 36 heavy (non-hydrogen) atoms. The topological polar surface area (TPSA) is 198 Å². The Labute approximate surface area is 210 Å². The van der Waals surface area contributed by atoms with E-state index in [-0.39, 0.29) is 35.4 Å². The molecule has 3 N–H and O–H groups in total. The molecule has 2 fully saturated rings. The zero-order chi connectivity index (χ0) is 26.0. The van der Waals surface area contributed by atoms with Gasteiger partial charge in [-0.2, -0.15) is 0 Å². The van der Waals surface area contributed by atoms with E-state index in [2.05, 4.69) is 15.6 Å². The van der Waals surface area contributed by atoms with E-state index in [0.717, 1.165) is 23.1 Å². The molecule has 2 unspecified atom stereocenters. The number of fused-ring (bicyclic) bond motifs is 1. The van der Waals surface area contributed by atoms with Crippen LogP contribution in [0.25, 0.3) is 0 Å². The van der Waals surface area contributed by atoms with E-state index in [1.165, 1.54) is 34.5 Å². The number of anilines is 1. The highest BCUT2D eigenvalue weighted by Crippen LogP contribution is 2.39. The van der Waals surface area contributed by atoms with E-state index in [4.69, 9.17) is 4.74 Å². The van der Waals surface area contributed by atoms with Crippen LogP contribution in [0, 0.1) is 10.1 Å². The van der Waals surface area contributed by atoms with Gasteiger partial charge in [0.2, 0.25) is 12.3 Å². The summed E-state index contributed by atoms with van der Waals surface area (Å²) in [5.74, 6) is -3.72. The fourth-order valence-corrected chi connectivity index (χ4v) is 5.54. The molecule has 2 saturated heterocycles. The van der Waals surface area contributed by atoms with Crippen LogP contribution in [0.15, 0.2) is 29.6 Å². The van der Waals surface area contributed by atoms with Crippen molar-refractivity contribution in [3.63, 3.8) is 0 Å². The number of nitro groups is 1. The number of rotatable bonds is 9. The fourth-order valence-electron chi connectivity index (χ4n) is 3.50. The highest BCUT2D eigenvalue weighted by atomic mass is 32.2. The molecule has 3 atom stereocenters. The molecule has 0 bridgehead atoms. The first-order valence-electron chi connectivity index (χ1n) is 10.2. The number of hydrogen-bond acceptors (Lipinski definition) is 12. The first-order chi connectivity index (χ1) is 17.1. The van der Waals surface area contributed by atoms with Crippen molar-refractivity contribution in [2.75, 3.05) is 17.6 Å². The van der Waals surface area contributed by atoms with E-state index in [0.29, 0.717) is 12.0 Å². The van der Waals surface area contributed by atoms with Crippen molar-refractivity contribution in [2.24, 2.45) is 0 Å². The van der Waals surface area contributed by atoms with Crippen LogP contribution < -0.4 is 10.6 Å². The number of carbonyl (C=O) groups excluding carboxylic acids is 5. The van der Waals surface area contributed by atoms with Crippen LogP contribution in [-0.4, -0.2) is 79.2 Å². The quantitative estimate of drug-likeness (QED) is 0.0723. The molecule has 0 saturated carbocycles. The van der Waals surface area contributed by atoms with Gasteiger partial charge in [-0.1, -0.05) is 0 Å². The molecular weight excluding hydrogens is 518 g/mol. The second kappa shape index (κ2) is 10.00. The van der Waals surface area contributed by atoms with Crippen molar-refractivity contribution in [1.29, 1.82) is 0 Å². The second-order valence-electron chi connectivity index (χ2n) is 7.78. The Kier molecular flexibility index (Phi) is 7.00. The first kappa shape index (κ1) is 25.2. The average molecular weight is 536 g/mol. The van der Waals surface area contributed by atoms with E-state index in [9.17, 15) is 39.2 Å². The highest BCUT2D eigenvalue weighted by Gasteiger charge is 2.57. The van der Waals surface area contributed by atoms with E-state index < -0.39 is 45.5 Å². The van der Waals surface area contributed by atoms with Crippen LogP contribution in [0.4, 0.5) is 10.8 Å². The van der Waals surface area contributed by atoms with E-state index >= 15 is 0 Å². The van der Waals surface area contributed by atoms with Gasteiger partial charge in [0, 0.05) is 23.3 Å². The zero-order valence-corrected chi connectivity index (χ0v) is 19.7. The number of nitrogens with zero attached hydrogens (tertiary/aromatic N) is 3. The number of thioether (sulfide) groups is 1. The summed E-state index contributed by atoms with van der Waals surface area (Å²) in [6.45, 7) is -0.599. The number of ether oxygens (including phenoxy) is 1. The van der Waals surface area contributed by atoms with E-state index in [1.54, 1.807) is 0 Å². The molecule has 1 aromatic heterocycles. The van der Waals surface area contributed by atoms with Crippen LogP contribution in [0.1, 0.15) is 16.1 Å². The van der Waals surface area contributed by atoms with Gasteiger partial charge in [-0.25, -0.2) is 9.78 Å². The summed E-state index contributed by atoms with van der Waals surface area (Å²) in [4.78, 5) is 75.3. The molecule has 2 aromatic rings. The van der Waals surface area contributed by atoms with Crippen LogP contribution in [0.5, 0.6) is 0 Å². The van der Waals surface area contributed by atoms with Crippen LogP contribution in [0.2, 0.25) is 0 Å². The number of esters is 1. The van der Waals surface area contributed by atoms with Crippen LogP contribution in [0.3, 0.4) is 0 Å². The van der Waals surface area contributed by atoms with Gasteiger partial charge < -0.3 is 25.4 Å². The Morgan fingerprint density at radius 1 is 1.33 bits per heavy atom. The van der Waals surface area contributed by atoms with Gasteiger partial charge in [0.05, 0.1) is 11.5 Å². The molecule has 0 radical (unpaired) electrons. The van der Waals surface area contributed by atoms with Gasteiger partial charge in [-0.05, 0) is 17.7 Å². The molecule has 16 heteroatoms. The predicted molar refractivity (Wildman–Crippen MR) is 124 cm³/mol. The number of aromatic nitrogens is 1. The number of non-ortho nitro benzene ring substituents is 1. The number of ketones is 1. The molecule has 0 spiro atoms. The predicted octanol–water partition coefficient (Wildman–Crippen LogP) is -0.323. The number of nitrogens with one attached hydrogen (secondary N) is 2. The third kappa shape index (κ3) is 4.91. The first-order valence-corrected chi connectivity index (χ1v) is 12.1. The summed E-state index contributed by atoms with van der Waals surface area (Å²) in [6.07, 6.45) is 0.377. The number of aliphatic hydroxyl groups is 1. The lowest BCUT2D eigenvalue weighted by Crippen LogP contribution is -2.75. The number of nitro benzene ring substituents is 1. The molecule has 188 valence electrons. The van der Waals surface area contributed by atoms with Crippen molar-refractivity contribution in [3.8, 4) is 0 Å². The van der Waals surface area contributed by atoms with E-state index in [1.807, 2.05) is 0 Å². The van der Waals surface area contributed by atoms with Crippen molar-refractivity contribution >= 4 is 63.9 Å². The summed E-state index contributed by atoms with van der Waals surface area (Å²) in [6, 6.07) is 4.32. The van der Waals surface area contributed by atoms with Crippen LogP contribution >= 0.6 is 23.1 Å². The number of Topliss-reactive ketones (excluding diaryl/α,β-unsaturated/α-hetero) is 1. The fraction of sp³-hybridized carbons (Fsp3) is 0.300. The summed E-state index contributed by atoms with van der Waals surface area (Å²) < 4.78 is 5.15. The van der Waals surface area contributed by atoms with Gasteiger partial charge in [0.15, 0.2) is 10.7 Å². The maximum atomic E-state index is 12.6. The van der Waals surface area contributed by atoms with Crippen molar-refractivity contribution < 1.29 is 38.7 Å². The lowest BCUT2D eigenvalue weighted by molar-refractivity contribution is -0.384. The summed E-state index contributed by atoms with van der Waals surface area (Å²) >= 11 is 1.99. The SMILES string of the molecule is O=CNc1nc(C(=O)C(=O)NC2C(=O)N3CC(O)(C(=O)OCc4ccc([N+](=O)[O-])cc4)CS[C@H]23)cs1. The number of β-lactam (4-membered cyclic amide) rings is 1. The van der Waals surface area contributed by atoms with Crippen molar-refractivity contribution in [3.05, 3.63) is 51.0 Å². The lowest BCUT2D eigenvalue weighted by atomic mass is 9.99. The number of hydrogen-bond donors (Lipinski definition) is 3. The molecule has 4 rings (SSSR count). The summed E-state index contributed by atoms with van der Waals surface area (Å²) in [5.41, 5.74) is -1.83. The standard InChI is InChI=1S/C20H17N5O9S2/c26-9-21-19-22-12(6-35-19)14(27)15(28)23-13-16(29)24-7-20(31,8-36-17(13)24)18(30)34-5-10-1-3-11(4-2-10)25(32)33/h1-4,6,9,13,17,31H,5,7-8H2,(H,23,28)(H,21,22,26)/t13?,17-,20?/m1/s1. The zero-order valence-electron chi connectivity index (χ0n) is 18.1. The molecule has 3 amide bonds. The highest BCUT2D eigenvalue weighted by molar-refractivity contribution is 8.00. The van der Waals surface area contributed by atoms with Gasteiger partial charge in [0.1, 0.15) is 23.7 Å². The smallest absolute Gasteiger partial charge is 0.341 e. The van der Waals surface area contributed by atoms with Gasteiger partial charge in [-0.15, -0.1) is 23.1 Å². The molecule has 0 aliphatic carbocycles. The Morgan fingerprint density at radius 2 is 2.06 bits per heavy atom. The molecule has 3 heterocycles. The number of benzene rings is 1. The Hall–Kier alpha value is -3.89. The maximum absolute atomic E-state index is 12.6. The Balaban J connectivity index is 1.30. The lowest BCUT2D eigenvalue weighted by Gasteiger charge is -2.52. The minimum absolute atomic E-state index is 0.121. The normalized spacial score (nSPS) is 22.6. The third-order valence-corrected chi connectivity index (χ3v) is 7.66. The average Bonchev–Trinajstić information content (AvgIpc) is 3.34. The minimum atomic E-state index is -2.00. The maximum Gasteiger partial charge on any atom is 0.341 e. The van der Waals surface area contributed by atoms with Gasteiger partial charge in [-0.3, -0.25) is 29.3 Å². The van der Waals surface area contributed by atoms with Gasteiger partial charge >= 0.3 is 5.97 Å². The summed E-state index contributed by atoms with van der Waals surface area (Å²) in [5, 5.41) is 26.9. The van der Waals surface area contributed by atoms with Crippen molar-refractivity contribution in [2.45, 2.75) is 23.6 Å². The summed E-state index contributed by atoms with van der Waals surface area (Å²) in [7, 11) is 0. The third-order valence-electron chi connectivity index (χ3n) is 5.38. The monoisotopic (exact) mass is 535 g/mol. The Bertz CT molecular complexity index is 1250. The Morgan fingerprint density at radius 3 is 2.72 bits per heavy atom.